The van der Waals surface area contributed by atoms with Crippen LogP contribution in [0.25, 0.3) is 0 Å². The minimum Gasteiger partial charge on any atom is -0.394 e. The van der Waals surface area contributed by atoms with Gasteiger partial charge in [0.25, 0.3) is 5.91 Å². The number of ether oxygens (including phenoxy) is 1. The zero-order valence-corrected chi connectivity index (χ0v) is 11.8. The molecule has 1 amide bonds. The van der Waals surface area contributed by atoms with E-state index in [1.165, 1.54) is 25.3 Å². The standard InChI is InChI=1S/C15H20FNO3/c1-15(9-18,12-4-5-12)17-14(19)10-3-6-13(16)11(7-10)8-20-2/h3,6-7,12,18H,4-5,8-9H2,1-2H3,(H,17,19). The predicted octanol–water partition coefficient (Wildman–Crippen LogP) is 1.86. The molecule has 1 aliphatic carbocycles. The van der Waals surface area contributed by atoms with Crippen LogP contribution in [0, 0.1) is 11.7 Å². The molecule has 1 fully saturated rings. The van der Waals surface area contributed by atoms with E-state index in [0.717, 1.165) is 12.8 Å². The third-order valence-corrected chi connectivity index (χ3v) is 3.81. The van der Waals surface area contributed by atoms with E-state index < -0.39 is 11.4 Å². The number of benzene rings is 1. The number of carbonyl (C=O) groups excluding carboxylic acids is 1. The van der Waals surface area contributed by atoms with Crippen LogP contribution in [0.5, 0.6) is 0 Å². The Bertz CT molecular complexity index is 502. The average Bonchev–Trinajstić information content (AvgIpc) is 3.26. The van der Waals surface area contributed by atoms with Crippen molar-refractivity contribution < 1.29 is 19.0 Å². The smallest absolute Gasteiger partial charge is 0.251 e. The van der Waals surface area contributed by atoms with Crippen LogP contribution in [0.4, 0.5) is 4.39 Å². The molecule has 1 aliphatic rings. The van der Waals surface area contributed by atoms with Crippen molar-refractivity contribution in [2.45, 2.75) is 31.9 Å². The van der Waals surface area contributed by atoms with Crippen LogP contribution in [0.15, 0.2) is 18.2 Å². The van der Waals surface area contributed by atoms with Crippen LogP contribution in [0.3, 0.4) is 0 Å². The number of hydrogen-bond acceptors (Lipinski definition) is 3. The molecule has 5 heteroatoms. The van der Waals surface area contributed by atoms with Crippen molar-refractivity contribution in [1.82, 2.24) is 5.32 Å². The first-order valence-corrected chi connectivity index (χ1v) is 6.71. The van der Waals surface area contributed by atoms with Crippen molar-refractivity contribution in [2.75, 3.05) is 13.7 Å². The summed E-state index contributed by atoms with van der Waals surface area (Å²) in [5.41, 5.74) is 0.114. The number of hydrogen-bond donors (Lipinski definition) is 2. The highest BCUT2D eigenvalue weighted by molar-refractivity contribution is 5.94. The fourth-order valence-corrected chi connectivity index (χ4v) is 2.30. The summed E-state index contributed by atoms with van der Waals surface area (Å²) in [6.07, 6.45) is 2.02. The zero-order chi connectivity index (χ0) is 14.8. The van der Waals surface area contributed by atoms with E-state index in [1.54, 1.807) is 0 Å². The highest BCUT2D eigenvalue weighted by atomic mass is 19.1. The van der Waals surface area contributed by atoms with Gasteiger partial charge in [0, 0.05) is 18.2 Å². The van der Waals surface area contributed by atoms with E-state index >= 15 is 0 Å². The largest absolute Gasteiger partial charge is 0.394 e. The number of halogens is 1. The van der Waals surface area contributed by atoms with Gasteiger partial charge in [0.1, 0.15) is 5.82 Å². The lowest BCUT2D eigenvalue weighted by molar-refractivity contribution is 0.0824. The van der Waals surface area contributed by atoms with Crippen molar-refractivity contribution in [3.63, 3.8) is 0 Å². The molecule has 0 aromatic heterocycles. The Morgan fingerprint density at radius 1 is 1.55 bits per heavy atom. The lowest BCUT2D eigenvalue weighted by atomic mass is 9.96. The number of aliphatic hydroxyl groups is 1. The molecule has 0 bridgehead atoms. The Morgan fingerprint density at radius 3 is 2.80 bits per heavy atom. The topological polar surface area (TPSA) is 58.6 Å². The minimum atomic E-state index is -0.604. The zero-order valence-electron chi connectivity index (χ0n) is 11.8. The summed E-state index contributed by atoms with van der Waals surface area (Å²) in [5.74, 6) is -0.378. The predicted molar refractivity (Wildman–Crippen MR) is 72.8 cm³/mol. The molecule has 1 saturated carbocycles. The highest BCUT2D eigenvalue weighted by Crippen LogP contribution is 2.39. The molecule has 4 nitrogen and oxygen atoms in total. The van der Waals surface area contributed by atoms with Crippen molar-refractivity contribution >= 4 is 5.91 Å². The Labute approximate surface area is 117 Å². The van der Waals surface area contributed by atoms with E-state index in [-0.39, 0.29) is 19.1 Å². The van der Waals surface area contributed by atoms with E-state index in [0.29, 0.717) is 17.0 Å². The molecule has 1 unspecified atom stereocenters. The number of methoxy groups -OCH3 is 1. The van der Waals surface area contributed by atoms with Crippen molar-refractivity contribution in [1.29, 1.82) is 0 Å². The van der Waals surface area contributed by atoms with Gasteiger partial charge in [-0.05, 0) is 43.9 Å². The van der Waals surface area contributed by atoms with Crippen LogP contribution in [0.2, 0.25) is 0 Å². The Kier molecular flexibility index (Phi) is 4.40. The second-order valence-electron chi connectivity index (χ2n) is 5.54. The first kappa shape index (κ1) is 14.9. The van der Waals surface area contributed by atoms with Gasteiger partial charge < -0.3 is 15.2 Å². The van der Waals surface area contributed by atoms with Crippen LogP contribution in [-0.2, 0) is 11.3 Å². The monoisotopic (exact) mass is 281 g/mol. The number of carbonyl (C=O) groups is 1. The molecule has 2 N–H and O–H groups in total. The summed E-state index contributed by atoms with van der Waals surface area (Å²) in [7, 11) is 1.47. The van der Waals surface area contributed by atoms with Crippen LogP contribution in [-0.4, -0.2) is 30.3 Å². The summed E-state index contributed by atoms with van der Waals surface area (Å²) in [6.45, 7) is 1.85. The fraction of sp³-hybridized carbons (Fsp3) is 0.533. The summed E-state index contributed by atoms with van der Waals surface area (Å²) in [4.78, 5) is 12.2. The molecule has 1 aromatic rings. The maximum absolute atomic E-state index is 13.5. The van der Waals surface area contributed by atoms with Gasteiger partial charge in [0.05, 0.1) is 18.8 Å². The Morgan fingerprint density at radius 2 is 2.25 bits per heavy atom. The quantitative estimate of drug-likeness (QED) is 0.837. The maximum atomic E-state index is 13.5. The van der Waals surface area contributed by atoms with Crippen molar-refractivity contribution in [2.24, 2.45) is 5.92 Å². The van der Waals surface area contributed by atoms with Crippen molar-refractivity contribution in [3.05, 3.63) is 35.1 Å². The summed E-state index contributed by atoms with van der Waals surface area (Å²) in [6, 6.07) is 4.18. The van der Waals surface area contributed by atoms with Crippen molar-refractivity contribution in [3.8, 4) is 0 Å². The first-order valence-electron chi connectivity index (χ1n) is 6.71. The molecule has 0 saturated heterocycles. The fourth-order valence-electron chi connectivity index (χ4n) is 2.30. The van der Waals surface area contributed by atoms with Gasteiger partial charge in [-0.15, -0.1) is 0 Å². The molecule has 110 valence electrons. The number of nitrogens with one attached hydrogen (secondary N) is 1. The second-order valence-corrected chi connectivity index (χ2v) is 5.54. The number of aliphatic hydroxyl groups excluding tert-OH is 1. The van der Waals surface area contributed by atoms with Gasteiger partial charge >= 0.3 is 0 Å². The lowest BCUT2D eigenvalue weighted by Crippen LogP contribution is -2.50. The molecule has 0 radical (unpaired) electrons. The molecule has 0 aliphatic heterocycles. The van der Waals surface area contributed by atoms with E-state index in [4.69, 9.17) is 4.74 Å². The molecule has 2 rings (SSSR count). The molecule has 1 atom stereocenters. The highest BCUT2D eigenvalue weighted by Gasteiger charge is 2.42. The molecule has 1 aromatic carbocycles. The molecule has 0 heterocycles. The normalized spacial score (nSPS) is 17.6. The van der Waals surface area contributed by atoms with E-state index in [1.807, 2.05) is 6.92 Å². The van der Waals surface area contributed by atoms with Crippen LogP contribution < -0.4 is 5.32 Å². The second kappa shape index (κ2) is 5.89. The molecule has 20 heavy (non-hydrogen) atoms. The number of rotatable bonds is 6. The maximum Gasteiger partial charge on any atom is 0.251 e. The van der Waals surface area contributed by atoms with Crippen LogP contribution >= 0.6 is 0 Å². The molecule has 0 spiro atoms. The van der Waals surface area contributed by atoms with Gasteiger partial charge in [0.2, 0.25) is 0 Å². The summed E-state index contributed by atoms with van der Waals surface area (Å²) < 4.78 is 18.4. The van der Waals surface area contributed by atoms with E-state index in [9.17, 15) is 14.3 Å². The van der Waals surface area contributed by atoms with Gasteiger partial charge in [-0.25, -0.2) is 4.39 Å². The minimum absolute atomic E-state index is 0.102. The third kappa shape index (κ3) is 3.16. The lowest BCUT2D eigenvalue weighted by Gasteiger charge is -2.28. The number of amides is 1. The summed E-state index contributed by atoms with van der Waals surface area (Å²) in [5, 5.41) is 12.3. The van der Waals surface area contributed by atoms with Gasteiger partial charge in [-0.2, -0.15) is 0 Å². The SMILES string of the molecule is COCc1cc(C(=O)NC(C)(CO)C2CC2)ccc1F. The molecular formula is C15H20FNO3. The third-order valence-electron chi connectivity index (χ3n) is 3.81. The average molecular weight is 281 g/mol. The van der Waals surface area contributed by atoms with Crippen LogP contribution in [0.1, 0.15) is 35.7 Å². The summed E-state index contributed by atoms with van der Waals surface area (Å²) >= 11 is 0. The Balaban J connectivity index is 2.14. The molecular weight excluding hydrogens is 261 g/mol. The Hall–Kier alpha value is -1.46. The first-order chi connectivity index (χ1) is 9.50. The van der Waals surface area contributed by atoms with E-state index in [2.05, 4.69) is 5.32 Å². The van der Waals surface area contributed by atoms with Gasteiger partial charge in [-0.3, -0.25) is 4.79 Å². The van der Waals surface area contributed by atoms with Gasteiger partial charge in [0.15, 0.2) is 0 Å². The van der Waals surface area contributed by atoms with Gasteiger partial charge in [-0.1, -0.05) is 0 Å².